The summed E-state index contributed by atoms with van der Waals surface area (Å²) in [5, 5.41) is 3.25. The quantitative estimate of drug-likeness (QED) is 0.690. The molecule has 1 aliphatic rings. The van der Waals surface area contributed by atoms with Crippen molar-refractivity contribution in [1.29, 1.82) is 0 Å². The molecule has 1 N–H and O–H groups in total. The van der Waals surface area contributed by atoms with E-state index in [0.717, 1.165) is 15.4 Å². The number of carbonyl (C=O) groups is 1. The van der Waals surface area contributed by atoms with E-state index in [1.807, 2.05) is 19.1 Å². The fourth-order valence-electron chi connectivity index (χ4n) is 3.25. The number of fused-ring (bicyclic) bond motifs is 3. The highest BCUT2D eigenvalue weighted by molar-refractivity contribution is 7.93. The molecule has 0 unspecified atom stereocenters. The van der Waals surface area contributed by atoms with Crippen LogP contribution in [0.4, 0.5) is 11.4 Å². The van der Waals surface area contributed by atoms with Gasteiger partial charge in [0.15, 0.2) is 0 Å². The zero-order valence-corrected chi connectivity index (χ0v) is 16.6. The van der Waals surface area contributed by atoms with E-state index in [2.05, 4.69) is 5.32 Å². The number of amides is 1. The second-order valence-corrected chi connectivity index (χ2v) is 8.78. The second kappa shape index (κ2) is 6.96. The highest BCUT2D eigenvalue weighted by Gasteiger charge is 2.35. The number of nitrogens with zero attached hydrogens (tertiary/aromatic N) is 1. The third-order valence-electron chi connectivity index (χ3n) is 4.66. The normalized spacial score (nSPS) is 14.1. The zero-order chi connectivity index (χ0) is 19.9. The van der Waals surface area contributed by atoms with Crippen molar-refractivity contribution < 1.29 is 13.2 Å². The van der Waals surface area contributed by atoms with Gasteiger partial charge in [-0.25, -0.2) is 8.42 Å². The van der Waals surface area contributed by atoms with Gasteiger partial charge >= 0.3 is 0 Å². The van der Waals surface area contributed by atoms with E-state index in [1.165, 1.54) is 0 Å². The number of hydrogen-bond acceptors (Lipinski definition) is 3. The molecule has 0 atom stereocenters. The van der Waals surface area contributed by atoms with Gasteiger partial charge in [0.05, 0.1) is 10.6 Å². The summed E-state index contributed by atoms with van der Waals surface area (Å²) in [5.41, 5.74) is 3.31. The molecule has 3 aromatic carbocycles. The van der Waals surface area contributed by atoms with Crippen molar-refractivity contribution in [2.24, 2.45) is 0 Å². The summed E-state index contributed by atoms with van der Waals surface area (Å²) in [6.45, 7) is 1.53. The molecule has 0 bridgehead atoms. The fourth-order valence-corrected chi connectivity index (χ4v) is 5.08. The maximum absolute atomic E-state index is 13.2. The topological polar surface area (TPSA) is 66.5 Å². The third-order valence-corrected chi connectivity index (χ3v) is 6.89. The highest BCUT2D eigenvalue weighted by Crippen LogP contribution is 2.42. The van der Waals surface area contributed by atoms with Gasteiger partial charge in [-0.1, -0.05) is 54.1 Å². The van der Waals surface area contributed by atoms with E-state index >= 15 is 0 Å². The molecule has 0 radical (unpaired) electrons. The van der Waals surface area contributed by atoms with Crippen LogP contribution in [0.3, 0.4) is 0 Å². The van der Waals surface area contributed by atoms with E-state index in [9.17, 15) is 13.2 Å². The Morgan fingerprint density at radius 1 is 1.00 bits per heavy atom. The lowest BCUT2D eigenvalue weighted by Crippen LogP contribution is -2.40. The maximum atomic E-state index is 13.2. The molecule has 0 aromatic heterocycles. The smallest absolute Gasteiger partial charge is 0.265 e. The van der Waals surface area contributed by atoms with Crippen molar-refractivity contribution in [1.82, 2.24) is 0 Å². The van der Waals surface area contributed by atoms with Crippen LogP contribution in [-0.4, -0.2) is 20.9 Å². The molecular weight excluding hydrogens is 396 g/mol. The Morgan fingerprint density at radius 3 is 2.43 bits per heavy atom. The van der Waals surface area contributed by atoms with Crippen LogP contribution in [0.5, 0.6) is 0 Å². The molecule has 1 aliphatic heterocycles. The summed E-state index contributed by atoms with van der Waals surface area (Å²) < 4.78 is 27.5. The van der Waals surface area contributed by atoms with Crippen LogP contribution in [0.1, 0.15) is 5.56 Å². The van der Waals surface area contributed by atoms with Gasteiger partial charge < -0.3 is 5.32 Å². The summed E-state index contributed by atoms with van der Waals surface area (Å²) in [6, 6.07) is 19.1. The van der Waals surface area contributed by atoms with Gasteiger partial charge in [-0.05, 0) is 36.8 Å². The Morgan fingerprint density at radius 2 is 1.68 bits per heavy atom. The van der Waals surface area contributed by atoms with Gasteiger partial charge in [0, 0.05) is 21.8 Å². The number of nitrogens with one attached hydrogen (secondary N) is 1. The van der Waals surface area contributed by atoms with E-state index < -0.39 is 15.9 Å². The predicted molar refractivity (Wildman–Crippen MR) is 111 cm³/mol. The Labute approximate surface area is 168 Å². The number of para-hydroxylation sites is 1. The standard InChI is InChI=1S/C21H17ClN2O3S/c1-14-10-11-15(12-18(14)22)23-21(25)13-24-19-8-4-2-6-16(19)17-7-3-5-9-20(17)28(24,26)27/h2-12H,13H2,1H3,(H,23,25). The summed E-state index contributed by atoms with van der Waals surface area (Å²) in [5.74, 6) is -0.447. The van der Waals surface area contributed by atoms with Crippen molar-refractivity contribution in [3.63, 3.8) is 0 Å². The number of halogens is 1. The van der Waals surface area contributed by atoms with Crippen LogP contribution >= 0.6 is 11.6 Å². The van der Waals surface area contributed by atoms with Crippen LogP contribution in [-0.2, 0) is 14.8 Å². The number of sulfonamides is 1. The van der Waals surface area contributed by atoms with Crippen molar-refractivity contribution in [3.8, 4) is 11.1 Å². The van der Waals surface area contributed by atoms with Crippen LogP contribution in [0.2, 0.25) is 5.02 Å². The lowest BCUT2D eigenvalue weighted by molar-refractivity contribution is -0.114. The minimum absolute atomic E-state index is 0.194. The van der Waals surface area contributed by atoms with E-state index in [4.69, 9.17) is 11.6 Å². The SMILES string of the molecule is Cc1ccc(NC(=O)CN2c3ccccc3-c3ccccc3S2(=O)=O)cc1Cl. The lowest BCUT2D eigenvalue weighted by atomic mass is 10.0. The zero-order valence-electron chi connectivity index (χ0n) is 15.0. The Balaban J connectivity index is 1.69. The van der Waals surface area contributed by atoms with Crippen LogP contribution < -0.4 is 9.62 Å². The molecule has 4 rings (SSSR count). The highest BCUT2D eigenvalue weighted by atomic mass is 35.5. The molecule has 7 heteroatoms. The molecule has 3 aromatic rings. The van der Waals surface area contributed by atoms with E-state index in [0.29, 0.717) is 22.0 Å². The summed E-state index contributed by atoms with van der Waals surface area (Å²) >= 11 is 6.10. The molecule has 1 heterocycles. The van der Waals surface area contributed by atoms with Gasteiger partial charge in [-0.3, -0.25) is 9.10 Å². The molecule has 142 valence electrons. The Hall–Kier alpha value is -2.83. The number of rotatable bonds is 3. The second-order valence-electron chi connectivity index (χ2n) is 6.54. The number of anilines is 2. The van der Waals surface area contributed by atoms with Gasteiger partial charge in [0.25, 0.3) is 10.0 Å². The van der Waals surface area contributed by atoms with Gasteiger partial charge in [-0.2, -0.15) is 0 Å². The predicted octanol–water partition coefficient (Wildman–Crippen LogP) is 4.46. The molecule has 1 amide bonds. The Kier molecular flexibility index (Phi) is 4.61. The number of carbonyl (C=O) groups excluding carboxylic acids is 1. The molecule has 28 heavy (non-hydrogen) atoms. The molecule has 0 aliphatic carbocycles. The number of aryl methyl sites for hydroxylation is 1. The fraction of sp³-hybridized carbons (Fsp3) is 0.0952. The molecule has 5 nitrogen and oxygen atoms in total. The number of benzene rings is 3. The van der Waals surface area contributed by atoms with Crippen molar-refractivity contribution in [2.75, 3.05) is 16.2 Å². The maximum Gasteiger partial charge on any atom is 0.265 e. The third kappa shape index (κ3) is 3.15. The number of hydrogen-bond donors (Lipinski definition) is 1. The van der Waals surface area contributed by atoms with Gasteiger partial charge in [-0.15, -0.1) is 0 Å². The molecule has 0 spiro atoms. The first-order valence-corrected chi connectivity index (χ1v) is 10.5. The van der Waals surface area contributed by atoms with Crippen LogP contribution in [0, 0.1) is 6.92 Å². The monoisotopic (exact) mass is 412 g/mol. The Bertz CT molecular complexity index is 1190. The minimum Gasteiger partial charge on any atom is -0.324 e. The average molecular weight is 413 g/mol. The molecule has 0 saturated carbocycles. The van der Waals surface area contributed by atoms with Gasteiger partial charge in [0.2, 0.25) is 5.91 Å². The van der Waals surface area contributed by atoms with E-state index in [1.54, 1.807) is 54.6 Å². The van der Waals surface area contributed by atoms with Crippen molar-refractivity contribution in [3.05, 3.63) is 77.3 Å². The summed E-state index contributed by atoms with van der Waals surface area (Å²) in [7, 11) is -3.85. The first-order chi connectivity index (χ1) is 13.4. The first-order valence-electron chi connectivity index (χ1n) is 8.65. The van der Waals surface area contributed by atoms with Crippen molar-refractivity contribution >= 4 is 38.9 Å². The van der Waals surface area contributed by atoms with Crippen LogP contribution in [0.25, 0.3) is 11.1 Å². The molecule has 0 saturated heterocycles. The summed E-state index contributed by atoms with van der Waals surface area (Å²) in [4.78, 5) is 12.8. The average Bonchev–Trinajstić information content (AvgIpc) is 2.68. The molecule has 0 fully saturated rings. The van der Waals surface area contributed by atoms with E-state index in [-0.39, 0.29) is 11.4 Å². The largest absolute Gasteiger partial charge is 0.324 e. The summed E-state index contributed by atoms with van der Waals surface area (Å²) in [6.07, 6.45) is 0. The van der Waals surface area contributed by atoms with Gasteiger partial charge in [0.1, 0.15) is 6.54 Å². The first kappa shape index (κ1) is 18.5. The lowest BCUT2D eigenvalue weighted by Gasteiger charge is -2.31. The molecular formula is C21H17ClN2O3S. The van der Waals surface area contributed by atoms with Crippen LogP contribution in [0.15, 0.2) is 71.6 Å². The minimum atomic E-state index is -3.85. The van der Waals surface area contributed by atoms with Crippen molar-refractivity contribution in [2.45, 2.75) is 11.8 Å².